The Morgan fingerprint density at radius 2 is 1.89 bits per heavy atom. The second-order valence-electron chi connectivity index (χ2n) is 6.97. The van der Waals surface area contributed by atoms with Crippen molar-refractivity contribution in [3.63, 3.8) is 0 Å². The van der Waals surface area contributed by atoms with Crippen LogP contribution in [0.4, 0.5) is 13.2 Å². The Morgan fingerprint density at radius 1 is 1.19 bits per heavy atom. The lowest BCUT2D eigenvalue weighted by atomic mass is 9.90. The molecule has 0 saturated carbocycles. The highest BCUT2D eigenvalue weighted by molar-refractivity contribution is 5.81. The first-order valence-electron chi connectivity index (χ1n) is 8.65. The number of hydrogen-bond donors (Lipinski definition) is 1. The molecule has 1 saturated heterocycles. The van der Waals surface area contributed by atoms with Crippen LogP contribution in [0.15, 0.2) is 42.5 Å². The molecule has 7 heteroatoms. The minimum Gasteiger partial charge on any atom is -0.491 e. The molecule has 2 aromatic carbocycles. The summed E-state index contributed by atoms with van der Waals surface area (Å²) in [4.78, 5) is 13.2. The van der Waals surface area contributed by atoms with E-state index in [1.165, 1.54) is 24.3 Å². The molecule has 4 nitrogen and oxygen atoms in total. The van der Waals surface area contributed by atoms with Crippen LogP contribution in [0, 0.1) is 0 Å². The minimum absolute atomic E-state index is 0.0273. The van der Waals surface area contributed by atoms with Gasteiger partial charge in [0, 0.05) is 24.6 Å². The molecule has 1 aliphatic carbocycles. The average molecular weight is 377 g/mol. The van der Waals surface area contributed by atoms with Gasteiger partial charge in [0.05, 0.1) is 6.04 Å². The third-order valence-corrected chi connectivity index (χ3v) is 5.47. The third-order valence-electron chi connectivity index (χ3n) is 5.47. The number of likely N-dealkylation sites (tertiary alicyclic amines) is 1. The predicted molar refractivity (Wildman–Crippen MR) is 92.2 cm³/mol. The maximum absolute atomic E-state index is 13.8. The number of halogens is 3. The summed E-state index contributed by atoms with van der Waals surface area (Å²) in [5.74, 6) is 0.261. The van der Waals surface area contributed by atoms with Gasteiger partial charge in [0.2, 0.25) is 11.5 Å². The van der Waals surface area contributed by atoms with Gasteiger partial charge in [0.15, 0.2) is 0 Å². The third kappa shape index (κ3) is 2.60. The van der Waals surface area contributed by atoms with E-state index in [9.17, 15) is 23.1 Å². The summed E-state index contributed by atoms with van der Waals surface area (Å²) in [5.41, 5.74) is -2.78. The maximum atomic E-state index is 13.8. The van der Waals surface area contributed by atoms with E-state index < -0.39 is 11.8 Å². The molecule has 0 radical (unpaired) electrons. The van der Waals surface area contributed by atoms with E-state index in [4.69, 9.17) is 4.74 Å². The molecule has 1 amide bonds. The molecule has 4 rings (SSSR count). The fraction of sp³-hybridized carbons (Fsp3) is 0.350. The number of carbonyl (C=O) groups excluding carboxylic acids is 1. The largest absolute Gasteiger partial charge is 0.491 e. The van der Waals surface area contributed by atoms with Crippen molar-refractivity contribution in [2.24, 2.45) is 0 Å². The molecule has 1 heterocycles. The summed E-state index contributed by atoms with van der Waals surface area (Å²) >= 11 is 0. The van der Waals surface area contributed by atoms with Gasteiger partial charge in [-0.3, -0.25) is 4.79 Å². The number of rotatable bonds is 3. The molecule has 0 aromatic heterocycles. The first-order valence-corrected chi connectivity index (χ1v) is 8.65. The van der Waals surface area contributed by atoms with E-state index in [0.29, 0.717) is 24.0 Å². The molecular weight excluding hydrogens is 359 g/mol. The Bertz CT molecular complexity index is 912. The fourth-order valence-corrected chi connectivity index (χ4v) is 3.88. The second-order valence-corrected chi connectivity index (χ2v) is 6.97. The van der Waals surface area contributed by atoms with Crippen molar-refractivity contribution in [1.29, 1.82) is 0 Å². The Kier molecular flexibility index (Phi) is 3.96. The van der Waals surface area contributed by atoms with Crippen LogP contribution in [0.2, 0.25) is 0 Å². The van der Waals surface area contributed by atoms with Gasteiger partial charge in [0.25, 0.3) is 0 Å². The van der Waals surface area contributed by atoms with Gasteiger partial charge in [-0.2, -0.15) is 13.2 Å². The molecule has 0 spiro atoms. The lowest BCUT2D eigenvalue weighted by molar-refractivity contribution is -0.246. The number of hydrogen-bond acceptors (Lipinski definition) is 3. The normalized spacial score (nSPS) is 24.1. The van der Waals surface area contributed by atoms with Gasteiger partial charge in [-0.1, -0.05) is 30.3 Å². The molecule has 2 aliphatic rings. The van der Waals surface area contributed by atoms with Crippen LogP contribution in [0.5, 0.6) is 5.75 Å². The summed E-state index contributed by atoms with van der Waals surface area (Å²) in [7, 11) is 1.69. The van der Waals surface area contributed by atoms with E-state index in [1.807, 2.05) is 0 Å². The molecule has 2 aromatic rings. The van der Waals surface area contributed by atoms with Crippen molar-refractivity contribution in [1.82, 2.24) is 4.90 Å². The molecule has 1 fully saturated rings. The summed E-state index contributed by atoms with van der Waals surface area (Å²) in [6.07, 6.45) is -3.78. The number of ether oxygens (including phenoxy) is 1. The highest BCUT2D eigenvalue weighted by Crippen LogP contribution is 2.55. The van der Waals surface area contributed by atoms with E-state index in [2.05, 4.69) is 0 Å². The minimum atomic E-state index is -4.87. The van der Waals surface area contributed by atoms with Gasteiger partial charge >= 0.3 is 6.18 Å². The molecule has 2 atom stereocenters. The molecule has 1 unspecified atom stereocenters. The van der Waals surface area contributed by atoms with Crippen molar-refractivity contribution in [2.45, 2.75) is 30.7 Å². The summed E-state index contributed by atoms with van der Waals surface area (Å²) in [5, 5.41) is 10.7. The predicted octanol–water partition coefficient (Wildman–Crippen LogP) is 3.46. The zero-order valence-electron chi connectivity index (χ0n) is 14.6. The monoisotopic (exact) mass is 377 g/mol. The van der Waals surface area contributed by atoms with E-state index >= 15 is 0 Å². The highest BCUT2D eigenvalue weighted by atomic mass is 19.4. The van der Waals surface area contributed by atoms with Gasteiger partial charge in [0.1, 0.15) is 12.4 Å². The van der Waals surface area contributed by atoms with Gasteiger partial charge in [-0.15, -0.1) is 0 Å². The van der Waals surface area contributed by atoms with Crippen LogP contribution in [0.1, 0.15) is 24.0 Å². The highest BCUT2D eigenvalue weighted by Gasteiger charge is 2.60. The van der Waals surface area contributed by atoms with E-state index in [0.717, 1.165) is 0 Å². The standard InChI is InChI=1S/C20H18F3NO3/c1-24-12(6-9-18(24)25)11-27-13-7-8-15-14-4-2-3-5-16(14)19(26,17(15)10-13)20(21,22)23/h2-5,7-8,10,12,26H,6,9,11H2,1H3/t12-,19?/m0/s1. The Balaban J connectivity index is 1.68. The van der Waals surface area contributed by atoms with Crippen molar-refractivity contribution in [3.8, 4) is 16.9 Å². The van der Waals surface area contributed by atoms with Crippen molar-refractivity contribution < 1.29 is 27.8 Å². The Labute approximate surface area is 154 Å². The topological polar surface area (TPSA) is 49.8 Å². The number of nitrogens with zero attached hydrogens (tertiary/aromatic N) is 1. The van der Waals surface area contributed by atoms with Gasteiger partial charge < -0.3 is 14.7 Å². The van der Waals surface area contributed by atoms with Crippen LogP contribution in [-0.4, -0.2) is 41.8 Å². The van der Waals surface area contributed by atoms with Crippen molar-refractivity contribution >= 4 is 5.91 Å². The lowest BCUT2D eigenvalue weighted by Crippen LogP contribution is -2.41. The smallest absolute Gasteiger partial charge is 0.425 e. The zero-order chi connectivity index (χ0) is 19.4. The number of alkyl halides is 3. The average Bonchev–Trinajstić information content (AvgIpc) is 3.09. The number of aliphatic hydroxyl groups is 1. The summed E-state index contributed by atoms with van der Waals surface area (Å²) in [6, 6.07) is 10.3. The SMILES string of the molecule is CN1C(=O)CC[C@H]1COc1ccc2c(c1)C(O)(C(F)(F)F)c1ccccc1-2. The number of amides is 1. The Hall–Kier alpha value is -2.54. The van der Waals surface area contributed by atoms with Crippen molar-refractivity contribution in [2.75, 3.05) is 13.7 Å². The molecule has 1 aliphatic heterocycles. The van der Waals surface area contributed by atoms with Crippen LogP contribution in [0.3, 0.4) is 0 Å². The second kappa shape index (κ2) is 5.99. The zero-order valence-corrected chi connectivity index (χ0v) is 14.6. The Morgan fingerprint density at radius 3 is 2.56 bits per heavy atom. The molecule has 0 bridgehead atoms. The number of likely N-dealkylation sites (N-methyl/N-ethyl adjacent to an activating group) is 1. The number of fused-ring (bicyclic) bond motifs is 3. The van der Waals surface area contributed by atoms with Crippen LogP contribution < -0.4 is 4.74 Å². The van der Waals surface area contributed by atoms with Gasteiger partial charge in [-0.25, -0.2) is 0 Å². The van der Waals surface area contributed by atoms with E-state index in [1.54, 1.807) is 30.1 Å². The van der Waals surface area contributed by atoms with Crippen LogP contribution in [0.25, 0.3) is 11.1 Å². The van der Waals surface area contributed by atoms with E-state index in [-0.39, 0.29) is 35.4 Å². The lowest BCUT2D eigenvalue weighted by Gasteiger charge is -2.28. The number of benzene rings is 2. The fourth-order valence-electron chi connectivity index (χ4n) is 3.88. The molecular formula is C20H18F3NO3. The quantitative estimate of drug-likeness (QED) is 0.891. The molecule has 1 N–H and O–H groups in total. The van der Waals surface area contributed by atoms with Crippen LogP contribution in [-0.2, 0) is 10.4 Å². The summed E-state index contributed by atoms with van der Waals surface area (Å²) < 4.78 is 47.1. The molecule has 27 heavy (non-hydrogen) atoms. The number of carbonyl (C=O) groups is 1. The van der Waals surface area contributed by atoms with Gasteiger partial charge in [-0.05, 0) is 29.7 Å². The van der Waals surface area contributed by atoms with Crippen LogP contribution >= 0.6 is 0 Å². The maximum Gasteiger partial charge on any atom is 0.425 e. The summed E-state index contributed by atoms with van der Waals surface area (Å²) in [6.45, 7) is 0.193. The molecule has 142 valence electrons. The first-order chi connectivity index (χ1) is 12.7. The van der Waals surface area contributed by atoms with Crippen molar-refractivity contribution in [3.05, 3.63) is 53.6 Å². The first kappa shape index (κ1) is 17.9.